The summed E-state index contributed by atoms with van der Waals surface area (Å²) >= 11 is 0. The van der Waals surface area contributed by atoms with Gasteiger partial charge in [-0.3, -0.25) is 4.79 Å². The third-order valence-electron chi connectivity index (χ3n) is 6.02. The van der Waals surface area contributed by atoms with Crippen LogP contribution in [0.3, 0.4) is 0 Å². The molecule has 0 aromatic carbocycles. The van der Waals surface area contributed by atoms with Crippen molar-refractivity contribution in [2.24, 2.45) is 22.2 Å². The molecule has 0 radical (unpaired) electrons. The standard InChI is InChI=1S/C17H29NO3/c1-15-3-12-4-16(2,9-15)11-17(5-12,10-15)6-14(21)18-7-13(20)8-19/h12-13,19-20H,3-11H2,1-2H3,(H,18,21). The van der Waals surface area contributed by atoms with Gasteiger partial charge in [0, 0.05) is 13.0 Å². The molecule has 4 bridgehead atoms. The van der Waals surface area contributed by atoms with Crippen molar-refractivity contribution in [2.45, 2.75) is 64.9 Å². The molecular formula is C17H29NO3. The lowest BCUT2D eigenvalue weighted by molar-refractivity contribution is -0.156. The molecule has 4 rings (SSSR count). The van der Waals surface area contributed by atoms with Gasteiger partial charge in [0.1, 0.15) is 0 Å². The number of hydrogen-bond acceptors (Lipinski definition) is 3. The van der Waals surface area contributed by atoms with Crippen molar-refractivity contribution in [1.82, 2.24) is 5.32 Å². The predicted molar refractivity (Wildman–Crippen MR) is 80.6 cm³/mol. The Kier molecular flexibility index (Phi) is 3.61. The molecule has 0 spiro atoms. The summed E-state index contributed by atoms with van der Waals surface area (Å²) in [6.07, 6.45) is 7.32. The predicted octanol–water partition coefficient (Wildman–Crippen LogP) is 1.84. The second kappa shape index (κ2) is 4.95. The highest BCUT2D eigenvalue weighted by Crippen LogP contribution is 2.70. The molecule has 0 heterocycles. The molecule has 4 nitrogen and oxygen atoms in total. The quantitative estimate of drug-likeness (QED) is 0.725. The number of aliphatic hydroxyl groups is 2. The fraction of sp³-hybridized carbons (Fsp3) is 0.941. The van der Waals surface area contributed by atoms with Crippen LogP contribution in [-0.2, 0) is 4.79 Å². The van der Waals surface area contributed by atoms with E-state index in [9.17, 15) is 9.90 Å². The summed E-state index contributed by atoms with van der Waals surface area (Å²) < 4.78 is 0. The molecule has 4 saturated carbocycles. The molecule has 3 atom stereocenters. The summed E-state index contributed by atoms with van der Waals surface area (Å²) in [5, 5.41) is 21.0. The van der Waals surface area contributed by atoms with Crippen molar-refractivity contribution in [3.63, 3.8) is 0 Å². The van der Waals surface area contributed by atoms with Gasteiger partial charge in [-0.2, -0.15) is 0 Å². The van der Waals surface area contributed by atoms with E-state index in [1.54, 1.807) is 0 Å². The van der Waals surface area contributed by atoms with E-state index in [2.05, 4.69) is 19.2 Å². The van der Waals surface area contributed by atoms with Crippen molar-refractivity contribution >= 4 is 5.91 Å². The molecule has 4 fully saturated rings. The maximum Gasteiger partial charge on any atom is 0.220 e. The highest BCUT2D eigenvalue weighted by Gasteiger charge is 2.60. The molecule has 4 aliphatic carbocycles. The second-order valence-electron chi connectivity index (χ2n) is 8.95. The van der Waals surface area contributed by atoms with E-state index in [0.717, 1.165) is 5.92 Å². The smallest absolute Gasteiger partial charge is 0.220 e. The minimum Gasteiger partial charge on any atom is -0.394 e. The summed E-state index contributed by atoms with van der Waals surface area (Å²) in [7, 11) is 0. The average Bonchev–Trinajstić information content (AvgIpc) is 2.30. The Labute approximate surface area is 127 Å². The Bertz CT molecular complexity index is 418. The Balaban J connectivity index is 1.66. The molecule has 3 N–H and O–H groups in total. The number of carbonyl (C=O) groups excluding carboxylic acids is 1. The van der Waals surface area contributed by atoms with Crippen molar-refractivity contribution in [1.29, 1.82) is 0 Å². The van der Waals surface area contributed by atoms with E-state index in [-0.39, 0.29) is 24.5 Å². The van der Waals surface area contributed by atoms with Crippen LogP contribution in [-0.4, -0.2) is 35.4 Å². The lowest BCUT2D eigenvalue weighted by Crippen LogP contribution is -2.56. The van der Waals surface area contributed by atoms with Crippen LogP contribution in [0.25, 0.3) is 0 Å². The van der Waals surface area contributed by atoms with Gasteiger partial charge in [-0.15, -0.1) is 0 Å². The van der Waals surface area contributed by atoms with Gasteiger partial charge in [0.05, 0.1) is 12.7 Å². The maximum atomic E-state index is 12.3. The molecule has 0 aromatic heterocycles. The summed E-state index contributed by atoms with van der Waals surface area (Å²) in [6.45, 7) is 4.68. The molecule has 0 aliphatic heterocycles. The first-order valence-electron chi connectivity index (χ1n) is 8.31. The molecule has 21 heavy (non-hydrogen) atoms. The monoisotopic (exact) mass is 295 g/mol. The van der Waals surface area contributed by atoms with Gasteiger partial charge in [0.15, 0.2) is 0 Å². The van der Waals surface area contributed by atoms with Crippen LogP contribution in [0, 0.1) is 22.2 Å². The summed E-state index contributed by atoms with van der Waals surface area (Å²) in [5.74, 6) is 0.837. The maximum absolute atomic E-state index is 12.3. The van der Waals surface area contributed by atoms with Gasteiger partial charge in [0.25, 0.3) is 0 Å². The largest absolute Gasteiger partial charge is 0.394 e. The number of rotatable bonds is 5. The fourth-order valence-corrected chi connectivity index (χ4v) is 6.58. The number of aliphatic hydroxyl groups excluding tert-OH is 2. The Morgan fingerprint density at radius 1 is 1.19 bits per heavy atom. The number of amides is 1. The van der Waals surface area contributed by atoms with E-state index in [1.165, 1.54) is 38.5 Å². The average molecular weight is 295 g/mol. The zero-order valence-electron chi connectivity index (χ0n) is 13.3. The molecule has 4 heteroatoms. The third-order valence-corrected chi connectivity index (χ3v) is 6.02. The van der Waals surface area contributed by atoms with Gasteiger partial charge < -0.3 is 15.5 Å². The van der Waals surface area contributed by atoms with Crippen LogP contribution in [0.1, 0.15) is 58.8 Å². The first-order chi connectivity index (χ1) is 9.76. The minimum atomic E-state index is -0.847. The lowest BCUT2D eigenvalue weighted by Gasteiger charge is -2.65. The Morgan fingerprint density at radius 3 is 2.33 bits per heavy atom. The number of hydrogen-bond donors (Lipinski definition) is 3. The zero-order chi connectivity index (χ0) is 15.3. The topological polar surface area (TPSA) is 69.6 Å². The number of carbonyl (C=O) groups is 1. The lowest BCUT2D eigenvalue weighted by atomic mass is 9.40. The van der Waals surface area contributed by atoms with Crippen LogP contribution in [0.2, 0.25) is 0 Å². The first kappa shape index (κ1) is 15.3. The van der Waals surface area contributed by atoms with Gasteiger partial charge in [0.2, 0.25) is 5.91 Å². The van der Waals surface area contributed by atoms with Gasteiger partial charge in [-0.1, -0.05) is 13.8 Å². The van der Waals surface area contributed by atoms with Crippen LogP contribution in [0.4, 0.5) is 0 Å². The fourth-order valence-electron chi connectivity index (χ4n) is 6.58. The summed E-state index contributed by atoms with van der Waals surface area (Å²) in [4.78, 5) is 12.3. The van der Waals surface area contributed by atoms with Crippen LogP contribution < -0.4 is 5.32 Å². The molecule has 120 valence electrons. The molecular weight excluding hydrogens is 266 g/mol. The molecule has 0 saturated heterocycles. The van der Waals surface area contributed by atoms with E-state index in [4.69, 9.17) is 5.11 Å². The second-order valence-corrected chi connectivity index (χ2v) is 8.95. The van der Waals surface area contributed by atoms with Gasteiger partial charge in [-0.05, 0) is 60.7 Å². The van der Waals surface area contributed by atoms with Crippen LogP contribution in [0.15, 0.2) is 0 Å². The van der Waals surface area contributed by atoms with E-state index in [0.29, 0.717) is 17.3 Å². The number of nitrogens with one attached hydrogen (secondary N) is 1. The highest BCUT2D eigenvalue weighted by atomic mass is 16.3. The van der Waals surface area contributed by atoms with Crippen molar-refractivity contribution in [2.75, 3.05) is 13.2 Å². The van der Waals surface area contributed by atoms with E-state index in [1.807, 2.05) is 0 Å². The van der Waals surface area contributed by atoms with Crippen molar-refractivity contribution in [3.8, 4) is 0 Å². The Hall–Kier alpha value is -0.610. The highest BCUT2D eigenvalue weighted by molar-refractivity contribution is 5.76. The van der Waals surface area contributed by atoms with Gasteiger partial charge >= 0.3 is 0 Å². The third kappa shape index (κ3) is 2.98. The normalized spacial score (nSPS) is 45.6. The van der Waals surface area contributed by atoms with Crippen LogP contribution >= 0.6 is 0 Å². The molecule has 1 amide bonds. The molecule has 0 aromatic rings. The molecule has 4 aliphatic rings. The van der Waals surface area contributed by atoms with Crippen LogP contribution in [0.5, 0.6) is 0 Å². The zero-order valence-corrected chi connectivity index (χ0v) is 13.3. The van der Waals surface area contributed by atoms with Gasteiger partial charge in [-0.25, -0.2) is 0 Å². The van der Waals surface area contributed by atoms with E-state index < -0.39 is 6.10 Å². The summed E-state index contributed by atoms with van der Waals surface area (Å²) in [5.41, 5.74) is 1.04. The van der Waals surface area contributed by atoms with Crippen molar-refractivity contribution < 1.29 is 15.0 Å². The molecule has 3 unspecified atom stereocenters. The first-order valence-corrected chi connectivity index (χ1v) is 8.31. The van der Waals surface area contributed by atoms with E-state index >= 15 is 0 Å². The Morgan fingerprint density at radius 2 is 1.81 bits per heavy atom. The summed E-state index contributed by atoms with van der Waals surface area (Å²) in [6, 6.07) is 0. The minimum absolute atomic E-state index is 0.0386. The van der Waals surface area contributed by atoms with Crippen molar-refractivity contribution in [3.05, 3.63) is 0 Å². The SMILES string of the molecule is CC12CC3CC(C)(C1)CC(CC(=O)NCC(O)CO)(C3)C2.